The van der Waals surface area contributed by atoms with Gasteiger partial charge in [-0.15, -0.1) is 0 Å². The summed E-state index contributed by atoms with van der Waals surface area (Å²) in [6.07, 6.45) is 3.69. The van der Waals surface area contributed by atoms with Crippen LogP contribution in [0.3, 0.4) is 0 Å². The smallest absolute Gasteiger partial charge is 0.124 e. The lowest BCUT2D eigenvalue weighted by atomic mass is 10.2. The fourth-order valence-corrected chi connectivity index (χ4v) is 1.82. The Morgan fingerprint density at radius 3 is 2.89 bits per heavy atom. The van der Waals surface area contributed by atoms with Crippen LogP contribution >= 0.6 is 0 Å². The Morgan fingerprint density at radius 1 is 1.32 bits per heavy atom. The lowest BCUT2D eigenvalue weighted by Crippen LogP contribution is -2.14. The molecule has 1 aromatic carbocycles. The third-order valence-electron chi connectivity index (χ3n) is 2.72. The van der Waals surface area contributed by atoms with Crippen molar-refractivity contribution in [2.75, 3.05) is 6.61 Å². The number of hydrogen-bond donors (Lipinski definition) is 1. The van der Waals surface area contributed by atoms with Crippen LogP contribution in [0.15, 0.2) is 49.2 Å². The van der Waals surface area contributed by atoms with E-state index >= 15 is 0 Å². The largest absolute Gasteiger partial charge is 0.489 e. The van der Waals surface area contributed by atoms with Gasteiger partial charge < -0.3 is 10.1 Å². The molecule has 4 nitrogen and oxygen atoms in total. The summed E-state index contributed by atoms with van der Waals surface area (Å²) in [5, 5.41) is 7.69. The maximum atomic E-state index is 5.62. The third kappa shape index (κ3) is 3.96. The van der Waals surface area contributed by atoms with Crippen molar-refractivity contribution >= 4 is 0 Å². The number of aromatic nitrogens is 2. The first-order valence-corrected chi connectivity index (χ1v) is 6.30. The van der Waals surface area contributed by atoms with E-state index in [1.54, 1.807) is 10.8 Å². The fourth-order valence-electron chi connectivity index (χ4n) is 1.82. The first-order chi connectivity index (χ1) is 9.29. The van der Waals surface area contributed by atoms with Crippen LogP contribution in [-0.4, -0.2) is 16.4 Å². The van der Waals surface area contributed by atoms with E-state index in [0.717, 1.165) is 30.1 Å². The average Bonchev–Trinajstić information content (AvgIpc) is 2.83. The summed E-state index contributed by atoms with van der Waals surface area (Å²) in [4.78, 5) is 0. The van der Waals surface area contributed by atoms with E-state index in [2.05, 4.69) is 23.1 Å². The SMILES string of the molecule is C=CCOc1ccccc1CNCc1ccn(C)n1. The van der Waals surface area contributed by atoms with Gasteiger partial charge >= 0.3 is 0 Å². The summed E-state index contributed by atoms with van der Waals surface area (Å²) in [5.74, 6) is 0.899. The van der Waals surface area contributed by atoms with Crippen molar-refractivity contribution < 1.29 is 4.74 Å². The van der Waals surface area contributed by atoms with Crippen molar-refractivity contribution in [2.45, 2.75) is 13.1 Å². The highest BCUT2D eigenvalue weighted by Gasteiger charge is 2.02. The van der Waals surface area contributed by atoms with Gasteiger partial charge in [0.1, 0.15) is 12.4 Å². The predicted octanol–water partition coefficient (Wildman–Crippen LogP) is 2.27. The number of nitrogens with zero attached hydrogens (tertiary/aromatic N) is 2. The van der Waals surface area contributed by atoms with E-state index in [1.165, 1.54) is 0 Å². The molecule has 2 aromatic rings. The molecule has 19 heavy (non-hydrogen) atoms. The van der Waals surface area contributed by atoms with Gasteiger partial charge in [0.25, 0.3) is 0 Å². The summed E-state index contributed by atoms with van der Waals surface area (Å²) >= 11 is 0. The van der Waals surface area contributed by atoms with Crippen molar-refractivity contribution in [3.63, 3.8) is 0 Å². The Morgan fingerprint density at radius 2 is 2.16 bits per heavy atom. The van der Waals surface area contributed by atoms with E-state index in [9.17, 15) is 0 Å². The topological polar surface area (TPSA) is 39.1 Å². The summed E-state index contributed by atoms with van der Waals surface area (Å²) in [6.45, 7) is 5.68. The Balaban J connectivity index is 1.89. The number of para-hydroxylation sites is 1. The number of rotatable bonds is 7. The Labute approximate surface area is 113 Å². The molecular formula is C15H19N3O. The van der Waals surface area contributed by atoms with Gasteiger partial charge in [-0.1, -0.05) is 30.9 Å². The Bertz CT molecular complexity index is 534. The standard InChI is InChI=1S/C15H19N3O/c1-3-10-19-15-7-5-4-6-13(15)11-16-12-14-8-9-18(2)17-14/h3-9,16H,1,10-12H2,2H3. The van der Waals surface area contributed by atoms with Gasteiger partial charge in [0.05, 0.1) is 5.69 Å². The molecule has 1 aromatic heterocycles. The van der Waals surface area contributed by atoms with Crippen LogP contribution in [0.2, 0.25) is 0 Å². The van der Waals surface area contributed by atoms with E-state index in [4.69, 9.17) is 4.74 Å². The number of benzene rings is 1. The minimum atomic E-state index is 0.525. The molecule has 2 rings (SSSR count). The van der Waals surface area contributed by atoms with Crippen molar-refractivity contribution in [3.05, 3.63) is 60.4 Å². The van der Waals surface area contributed by atoms with Crippen molar-refractivity contribution in [3.8, 4) is 5.75 Å². The zero-order valence-electron chi connectivity index (χ0n) is 11.2. The molecule has 0 aliphatic carbocycles. The molecule has 0 aliphatic rings. The second-order valence-electron chi connectivity index (χ2n) is 4.29. The lowest BCUT2D eigenvalue weighted by molar-refractivity contribution is 0.358. The predicted molar refractivity (Wildman–Crippen MR) is 75.9 cm³/mol. The van der Waals surface area contributed by atoms with Crippen molar-refractivity contribution in [1.82, 2.24) is 15.1 Å². The summed E-state index contributed by atoms with van der Waals surface area (Å²) in [6, 6.07) is 10.0. The van der Waals surface area contributed by atoms with Crippen LogP contribution in [-0.2, 0) is 20.1 Å². The molecule has 0 radical (unpaired) electrons. The number of aryl methyl sites for hydroxylation is 1. The molecule has 0 saturated carbocycles. The van der Waals surface area contributed by atoms with Gasteiger partial charge in [-0.05, 0) is 12.1 Å². The average molecular weight is 257 g/mol. The van der Waals surface area contributed by atoms with Gasteiger partial charge in [-0.25, -0.2) is 0 Å². The molecule has 0 atom stereocenters. The third-order valence-corrected chi connectivity index (χ3v) is 2.72. The van der Waals surface area contributed by atoms with Crippen LogP contribution in [0.1, 0.15) is 11.3 Å². The highest BCUT2D eigenvalue weighted by Crippen LogP contribution is 2.17. The normalized spacial score (nSPS) is 10.4. The minimum Gasteiger partial charge on any atom is -0.489 e. The molecule has 1 N–H and O–H groups in total. The second-order valence-corrected chi connectivity index (χ2v) is 4.29. The monoisotopic (exact) mass is 257 g/mol. The number of hydrogen-bond acceptors (Lipinski definition) is 3. The zero-order valence-corrected chi connectivity index (χ0v) is 11.2. The molecule has 0 fully saturated rings. The van der Waals surface area contributed by atoms with Gasteiger partial charge in [-0.2, -0.15) is 5.10 Å². The van der Waals surface area contributed by atoms with Crippen LogP contribution in [0.4, 0.5) is 0 Å². The molecule has 100 valence electrons. The quantitative estimate of drug-likeness (QED) is 0.773. The van der Waals surface area contributed by atoms with Gasteiger partial charge in [0, 0.05) is 31.9 Å². The molecule has 0 bridgehead atoms. The van der Waals surface area contributed by atoms with Gasteiger partial charge in [0.2, 0.25) is 0 Å². The molecule has 0 saturated heterocycles. The van der Waals surface area contributed by atoms with E-state index in [-0.39, 0.29) is 0 Å². The Hall–Kier alpha value is -2.07. The van der Waals surface area contributed by atoms with Crippen LogP contribution in [0.5, 0.6) is 5.75 Å². The molecule has 0 amide bonds. The number of nitrogens with one attached hydrogen (secondary N) is 1. The van der Waals surface area contributed by atoms with Crippen LogP contribution in [0, 0.1) is 0 Å². The maximum absolute atomic E-state index is 5.62. The number of ether oxygens (including phenoxy) is 1. The maximum Gasteiger partial charge on any atom is 0.124 e. The van der Waals surface area contributed by atoms with E-state index in [0.29, 0.717) is 6.61 Å². The van der Waals surface area contributed by atoms with Crippen molar-refractivity contribution in [1.29, 1.82) is 0 Å². The fraction of sp³-hybridized carbons (Fsp3) is 0.267. The summed E-state index contributed by atoms with van der Waals surface area (Å²) in [5.41, 5.74) is 2.17. The van der Waals surface area contributed by atoms with Crippen LogP contribution in [0.25, 0.3) is 0 Å². The Kier molecular flexibility index (Phi) is 4.75. The molecule has 0 spiro atoms. The first kappa shape index (κ1) is 13.4. The molecule has 1 heterocycles. The molecular weight excluding hydrogens is 238 g/mol. The summed E-state index contributed by atoms with van der Waals surface area (Å²) < 4.78 is 7.42. The molecule has 4 heteroatoms. The second kappa shape index (κ2) is 6.75. The minimum absolute atomic E-state index is 0.525. The van der Waals surface area contributed by atoms with Gasteiger partial charge in [-0.3, -0.25) is 4.68 Å². The van der Waals surface area contributed by atoms with Crippen molar-refractivity contribution in [2.24, 2.45) is 7.05 Å². The zero-order chi connectivity index (χ0) is 13.5. The lowest BCUT2D eigenvalue weighted by Gasteiger charge is -2.10. The van der Waals surface area contributed by atoms with Crippen LogP contribution < -0.4 is 10.1 Å². The highest BCUT2D eigenvalue weighted by atomic mass is 16.5. The molecule has 0 aliphatic heterocycles. The van der Waals surface area contributed by atoms with E-state index < -0.39 is 0 Å². The first-order valence-electron chi connectivity index (χ1n) is 6.30. The summed E-state index contributed by atoms with van der Waals surface area (Å²) in [7, 11) is 1.92. The highest BCUT2D eigenvalue weighted by molar-refractivity contribution is 5.33. The van der Waals surface area contributed by atoms with E-state index in [1.807, 2.05) is 37.5 Å². The van der Waals surface area contributed by atoms with Gasteiger partial charge in [0.15, 0.2) is 0 Å². The molecule has 0 unspecified atom stereocenters.